The Balaban J connectivity index is 1.47. The van der Waals surface area contributed by atoms with Gasteiger partial charge in [0.1, 0.15) is 0 Å². The van der Waals surface area contributed by atoms with Crippen LogP contribution >= 0.6 is 11.6 Å². The van der Waals surface area contributed by atoms with E-state index in [-0.39, 0.29) is 5.91 Å². The Kier molecular flexibility index (Phi) is 5.38. The van der Waals surface area contributed by atoms with E-state index in [0.717, 1.165) is 31.5 Å². The van der Waals surface area contributed by atoms with Gasteiger partial charge >= 0.3 is 5.97 Å². The summed E-state index contributed by atoms with van der Waals surface area (Å²) in [5, 5.41) is 13.6. The van der Waals surface area contributed by atoms with E-state index in [0.29, 0.717) is 29.5 Å². The predicted octanol–water partition coefficient (Wildman–Crippen LogP) is 2.72. The van der Waals surface area contributed by atoms with Gasteiger partial charge in [-0.1, -0.05) is 23.7 Å². The fourth-order valence-electron chi connectivity index (χ4n) is 3.17. The van der Waals surface area contributed by atoms with Crippen LogP contribution in [0.15, 0.2) is 36.7 Å². The number of halogens is 1. The van der Waals surface area contributed by atoms with Gasteiger partial charge in [-0.05, 0) is 36.5 Å². The number of aryl methyl sites for hydroxylation is 1. The van der Waals surface area contributed by atoms with E-state index < -0.39 is 5.97 Å². The molecule has 1 saturated heterocycles. The van der Waals surface area contributed by atoms with Gasteiger partial charge < -0.3 is 10.0 Å². The smallest absolute Gasteiger partial charge is 0.335 e. The molecule has 2 heterocycles. The maximum Gasteiger partial charge on any atom is 0.335 e. The van der Waals surface area contributed by atoms with Crippen LogP contribution in [0.4, 0.5) is 0 Å². The number of carbonyl (C=O) groups is 2. The summed E-state index contributed by atoms with van der Waals surface area (Å²) < 4.78 is 1.68. The molecule has 2 aromatic rings. The van der Waals surface area contributed by atoms with Gasteiger partial charge in [-0.25, -0.2) is 4.79 Å². The maximum atomic E-state index is 12.3. The predicted molar refractivity (Wildman–Crippen MR) is 93.6 cm³/mol. The van der Waals surface area contributed by atoms with E-state index >= 15 is 0 Å². The lowest BCUT2D eigenvalue weighted by Crippen LogP contribution is -2.29. The molecule has 0 bridgehead atoms. The number of aromatic nitrogens is 2. The zero-order valence-electron chi connectivity index (χ0n) is 13.8. The number of benzene rings is 1. The Labute approximate surface area is 151 Å². The van der Waals surface area contributed by atoms with Gasteiger partial charge in [-0.15, -0.1) is 0 Å². The number of likely N-dealkylation sites (tertiary alicyclic amines) is 1. The van der Waals surface area contributed by atoms with Crippen LogP contribution in [0.25, 0.3) is 0 Å². The van der Waals surface area contributed by atoms with Crippen molar-refractivity contribution in [2.24, 2.45) is 5.92 Å². The van der Waals surface area contributed by atoms with E-state index in [1.807, 2.05) is 17.0 Å². The van der Waals surface area contributed by atoms with Crippen LogP contribution in [0.2, 0.25) is 5.02 Å². The van der Waals surface area contributed by atoms with E-state index in [1.165, 1.54) is 0 Å². The Morgan fingerprint density at radius 1 is 1.28 bits per heavy atom. The average molecular weight is 362 g/mol. The molecule has 1 aliphatic rings. The van der Waals surface area contributed by atoms with Gasteiger partial charge in [0.25, 0.3) is 0 Å². The van der Waals surface area contributed by atoms with Crippen LogP contribution in [0.5, 0.6) is 0 Å². The number of hydrogen-bond donors (Lipinski definition) is 1. The zero-order chi connectivity index (χ0) is 17.8. The fraction of sp³-hybridized carbons (Fsp3) is 0.389. The molecule has 0 aliphatic carbocycles. The minimum Gasteiger partial charge on any atom is -0.478 e. The first-order valence-electron chi connectivity index (χ1n) is 8.29. The standard InChI is InChI=1S/C18H20ClN3O3/c19-16-10-20-22(12-16)8-6-17(23)21-7-5-14(11-21)9-13-1-3-15(4-2-13)18(24)25/h1-4,10,12,14H,5-9,11H2,(H,24,25). The third-order valence-electron chi connectivity index (χ3n) is 4.52. The summed E-state index contributed by atoms with van der Waals surface area (Å²) in [5.74, 6) is -0.364. The molecule has 1 unspecified atom stereocenters. The van der Waals surface area contributed by atoms with Gasteiger partial charge in [0.2, 0.25) is 5.91 Å². The normalized spacial score (nSPS) is 17.0. The number of rotatable bonds is 6. The summed E-state index contributed by atoms with van der Waals surface area (Å²) in [4.78, 5) is 25.1. The number of nitrogens with zero attached hydrogens (tertiary/aromatic N) is 3. The van der Waals surface area contributed by atoms with Crippen LogP contribution in [-0.4, -0.2) is 44.8 Å². The lowest BCUT2D eigenvalue weighted by molar-refractivity contribution is -0.130. The highest BCUT2D eigenvalue weighted by atomic mass is 35.5. The number of carbonyl (C=O) groups excluding carboxylic acids is 1. The van der Waals surface area contributed by atoms with Crippen molar-refractivity contribution in [1.29, 1.82) is 0 Å². The van der Waals surface area contributed by atoms with Crippen molar-refractivity contribution >= 4 is 23.5 Å². The molecule has 3 rings (SSSR count). The molecule has 1 aromatic heterocycles. The third kappa shape index (κ3) is 4.60. The van der Waals surface area contributed by atoms with Gasteiger partial charge in [0.15, 0.2) is 0 Å². The molecule has 1 aromatic carbocycles. The molecule has 6 nitrogen and oxygen atoms in total. The first kappa shape index (κ1) is 17.5. The summed E-state index contributed by atoms with van der Waals surface area (Å²) in [6, 6.07) is 6.97. The van der Waals surface area contributed by atoms with Crippen molar-refractivity contribution in [3.63, 3.8) is 0 Å². The van der Waals surface area contributed by atoms with Gasteiger partial charge in [0.05, 0.1) is 16.8 Å². The molecule has 0 saturated carbocycles. The SMILES string of the molecule is O=C(O)c1ccc(CC2CCN(C(=O)CCn3cc(Cl)cn3)C2)cc1. The highest BCUT2D eigenvalue weighted by Gasteiger charge is 2.26. The number of hydrogen-bond acceptors (Lipinski definition) is 3. The second-order valence-electron chi connectivity index (χ2n) is 6.37. The number of carboxylic acid groups (broad SMARTS) is 1. The van der Waals surface area contributed by atoms with Crippen molar-refractivity contribution in [3.8, 4) is 0 Å². The topological polar surface area (TPSA) is 75.4 Å². The van der Waals surface area contributed by atoms with Gasteiger partial charge in [0, 0.05) is 32.3 Å². The van der Waals surface area contributed by atoms with Crippen molar-refractivity contribution < 1.29 is 14.7 Å². The molecule has 132 valence electrons. The highest BCUT2D eigenvalue weighted by Crippen LogP contribution is 2.22. The summed E-state index contributed by atoms with van der Waals surface area (Å²) in [6.45, 7) is 2.05. The Hall–Kier alpha value is -2.34. The first-order chi connectivity index (χ1) is 12.0. The summed E-state index contributed by atoms with van der Waals surface area (Å²) in [5.41, 5.74) is 1.40. The molecule has 1 N–H and O–H groups in total. The highest BCUT2D eigenvalue weighted by molar-refractivity contribution is 6.30. The minimum atomic E-state index is -0.914. The molecule has 25 heavy (non-hydrogen) atoms. The molecule has 1 fully saturated rings. The van der Waals surface area contributed by atoms with Gasteiger partial charge in [-0.2, -0.15) is 5.10 Å². The number of carboxylic acids is 1. The van der Waals surface area contributed by atoms with Crippen LogP contribution in [0, 0.1) is 5.92 Å². The average Bonchev–Trinajstić information content (AvgIpc) is 3.22. The Bertz CT molecular complexity index is 757. The molecule has 7 heteroatoms. The lowest BCUT2D eigenvalue weighted by atomic mass is 9.98. The maximum absolute atomic E-state index is 12.3. The molecule has 0 radical (unpaired) electrons. The van der Waals surface area contributed by atoms with Crippen molar-refractivity contribution in [2.45, 2.75) is 25.8 Å². The Morgan fingerprint density at radius 2 is 2.04 bits per heavy atom. The van der Waals surface area contributed by atoms with Crippen molar-refractivity contribution in [2.75, 3.05) is 13.1 Å². The summed E-state index contributed by atoms with van der Waals surface area (Å²) >= 11 is 5.81. The van der Waals surface area contributed by atoms with E-state index in [4.69, 9.17) is 16.7 Å². The first-order valence-corrected chi connectivity index (χ1v) is 8.67. The molecule has 1 amide bonds. The molecular weight excluding hydrogens is 342 g/mol. The van der Waals surface area contributed by atoms with E-state index in [9.17, 15) is 9.59 Å². The van der Waals surface area contributed by atoms with E-state index in [1.54, 1.807) is 29.2 Å². The van der Waals surface area contributed by atoms with Gasteiger partial charge in [-0.3, -0.25) is 9.48 Å². The minimum absolute atomic E-state index is 0.135. The fourth-order valence-corrected chi connectivity index (χ4v) is 3.33. The van der Waals surface area contributed by atoms with Crippen molar-refractivity contribution in [1.82, 2.24) is 14.7 Å². The zero-order valence-corrected chi connectivity index (χ0v) is 14.5. The number of aromatic carboxylic acids is 1. The summed E-state index contributed by atoms with van der Waals surface area (Å²) in [6.07, 6.45) is 5.52. The Morgan fingerprint density at radius 3 is 2.68 bits per heavy atom. The second kappa shape index (κ2) is 7.70. The third-order valence-corrected chi connectivity index (χ3v) is 4.72. The summed E-state index contributed by atoms with van der Waals surface area (Å²) in [7, 11) is 0. The molecule has 0 spiro atoms. The van der Waals surface area contributed by atoms with Crippen molar-refractivity contribution in [3.05, 3.63) is 52.8 Å². The number of amides is 1. The van der Waals surface area contributed by atoms with Crippen LogP contribution in [0.1, 0.15) is 28.8 Å². The van der Waals surface area contributed by atoms with E-state index in [2.05, 4.69) is 5.10 Å². The van der Waals surface area contributed by atoms with Crippen LogP contribution in [-0.2, 0) is 17.8 Å². The van der Waals surface area contributed by atoms with Crippen LogP contribution in [0.3, 0.4) is 0 Å². The molecule has 1 atom stereocenters. The lowest BCUT2D eigenvalue weighted by Gasteiger charge is -2.16. The van der Waals surface area contributed by atoms with Crippen LogP contribution < -0.4 is 0 Å². The monoisotopic (exact) mass is 361 g/mol. The largest absolute Gasteiger partial charge is 0.478 e. The quantitative estimate of drug-likeness (QED) is 0.858. The second-order valence-corrected chi connectivity index (χ2v) is 6.81. The molecule has 1 aliphatic heterocycles. The molecular formula is C18H20ClN3O3.